The summed E-state index contributed by atoms with van der Waals surface area (Å²) >= 11 is 0. The van der Waals surface area contributed by atoms with Crippen molar-refractivity contribution in [2.45, 2.75) is 38.4 Å². The third-order valence-corrected chi connectivity index (χ3v) is 7.43. The molecule has 0 aromatic carbocycles. The van der Waals surface area contributed by atoms with E-state index in [2.05, 4.69) is 8.37 Å². The zero-order valence-corrected chi connectivity index (χ0v) is 15.3. The Hall–Kier alpha value is -0.270. The van der Waals surface area contributed by atoms with Crippen LogP contribution in [0.4, 0.5) is 0 Å². The highest BCUT2D eigenvalue weighted by Crippen LogP contribution is 2.24. The summed E-state index contributed by atoms with van der Waals surface area (Å²) in [5, 5.41) is 5.14. The molecular weight excluding hydrogens is 358 g/mol. The molecule has 0 radical (unpaired) electrons. The number of sulfonamides is 1. The summed E-state index contributed by atoms with van der Waals surface area (Å²) in [6.45, 7) is 3.31. The van der Waals surface area contributed by atoms with Crippen LogP contribution in [0.2, 0.25) is 0 Å². The molecule has 0 amide bonds. The largest absolute Gasteiger partial charge is 0.270 e. The summed E-state index contributed by atoms with van der Waals surface area (Å²) in [6, 6.07) is 0. The highest BCUT2D eigenvalue weighted by Gasteiger charge is 2.37. The van der Waals surface area contributed by atoms with Gasteiger partial charge in [0.25, 0.3) is 20.2 Å². The van der Waals surface area contributed by atoms with Crippen LogP contribution in [0, 0.1) is 0 Å². The minimum atomic E-state index is -4.06. The van der Waals surface area contributed by atoms with Gasteiger partial charge in [0.1, 0.15) is 0 Å². The number of hydrogen-bond acceptors (Lipinski definition) is 8. The Bertz CT molecular complexity index is 610. The van der Waals surface area contributed by atoms with E-state index in [1.807, 2.05) is 0 Å². The summed E-state index contributed by atoms with van der Waals surface area (Å²) < 4.78 is 75.9. The van der Waals surface area contributed by atoms with Gasteiger partial charge < -0.3 is 0 Å². The molecule has 134 valence electrons. The van der Waals surface area contributed by atoms with E-state index in [4.69, 9.17) is 5.14 Å². The molecule has 0 unspecified atom stereocenters. The number of hydrogen-bond donors (Lipinski definition) is 1. The Kier molecular flexibility index (Phi) is 7.92. The lowest BCUT2D eigenvalue weighted by Crippen LogP contribution is -2.43. The van der Waals surface area contributed by atoms with Crippen LogP contribution in [0.15, 0.2) is 0 Å². The van der Waals surface area contributed by atoms with Crippen molar-refractivity contribution in [1.29, 1.82) is 0 Å². The lowest BCUT2D eigenvalue weighted by atomic mass is 10.0. The molecule has 22 heavy (non-hydrogen) atoms. The molecule has 0 aromatic rings. The highest BCUT2D eigenvalue weighted by atomic mass is 32.2. The quantitative estimate of drug-likeness (QED) is 0.473. The van der Waals surface area contributed by atoms with Crippen LogP contribution >= 0.6 is 0 Å². The fraction of sp³-hybridized carbons (Fsp3) is 1.00. The van der Waals surface area contributed by atoms with Gasteiger partial charge in [-0.1, -0.05) is 0 Å². The highest BCUT2D eigenvalue weighted by molar-refractivity contribution is 7.90. The molecule has 9 nitrogen and oxygen atoms in total. The minimum Gasteiger partial charge on any atom is -0.270 e. The van der Waals surface area contributed by atoms with Gasteiger partial charge in [0, 0.05) is 0 Å². The summed E-state index contributed by atoms with van der Waals surface area (Å²) in [7, 11) is -11.5. The van der Waals surface area contributed by atoms with Crippen molar-refractivity contribution in [2.75, 3.05) is 24.7 Å². The van der Waals surface area contributed by atoms with Crippen molar-refractivity contribution < 1.29 is 33.6 Å². The smallest absolute Gasteiger partial charge is 0.267 e. The second-order valence-corrected chi connectivity index (χ2v) is 10.8. The minimum absolute atomic E-state index is 0.208. The zero-order valence-electron chi connectivity index (χ0n) is 12.8. The van der Waals surface area contributed by atoms with Crippen LogP contribution in [0.3, 0.4) is 0 Å². The Balaban J connectivity index is 4.83. The van der Waals surface area contributed by atoms with Crippen molar-refractivity contribution in [3.63, 3.8) is 0 Å². The molecule has 0 saturated carbocycles. The molecule has 0 aliphatic carbocycles. The lowest BCUT2D eigenvalue weighted by Gasteiger charge is -2.26. The van der Waals surface area contributed by atoms with Gasteiger partial charge in [0.05, 0.1) is 29.5 Å². The van der Waals surface area contributed by atoms with Crippen LogP contribution in [0.1, 0.15) is 33.6 Å². The number of nitrogens with two attached hydrogens (primary N) is 1. The van der Waals surface area contributed by atoms with Gasteiger partial charge >= 0.3 is 0 Å². The topological polar surface area (TPSA) is 147 Å². The fourth-order valence-corrected chi connectivity index (χ4v) is 3.09. The Morgan fingerprint density at radius 2 is 1.14 bits per heavy atom. The maximum atomic E-state index is 11.7. The van der Waals surface area contributed by atoms with Crippen molar-refractivity contribution >= 4 is 30.3 Å². The number of primary sulfonamides is 1. The SMILES string of the molecule is CCS(=O)(=O)OCCC(C)(CCOS(=O)(=O)CC)S(N)(=O)=O. The maximum absolute atomic E-state index is 11.7. The Morgan fingerprint density at radius 3 is 1.36 bits per heavy atom. The molecule has 0 aliphatic heterocycles. The predicted octanol–water partition coefficient (Wildman–Crippen LogP) is -0.454. The first-order valence-corrected chi connectivity index (χ1v) is 11.3. The molecule has 0 aromatic heterocycles. The van der Waals surface area contributed by atoms with E-state index in [1.54, 1.807) is 0 Å². The average molecular weight is 381 g/mol. The molecule has 0 spiro atoms. The Labute approximate surface area is 132 Å². The van der Waals surface area contributed by atoms with E-state index in [0.717, 1.165) is 0 Å². The lowest BCUT2D eigenvalue weighted by molar-refractivity contribution is 0.258. The summed E-state index contributed by atoms with van der Waals surface area (Å²) in [5.41, 5.74) is 0. The van der Waals surface area contributed by atoms with Gasteiger partial charge in [-0.2, -0.15) is 16.8 Å². The monoisotopic (exact) mass is 381 g/mol. The normalized spacial score (nSPS) is 14.2. The fourth-order valence-electron chi connectivity index (χ4n) is 1.35. The van der Waals surface area contributed by atoms with Crippen LogP contribution in [0.25, 0.3) is 0 Å². The van der Waals surface area contributed by atoms with Crippen molar-refractivity contribution in [1.82, 2.24) is 0 Å². The second-order valence-electron chi connectivity index (χ2n) is 4.83. The van der Waals surface area contributed by atoms with Crippen LogP contribution in [-0.2, 0) is 38.6 Å². The molecule has 0 aliphatic rings. The molecule has 12 heteroatoms. The first kappa shape index (κ1) is 21.7. The summed E-state index contributed by atoms with van der Waals surface area (Å²) in [6.07, 6.45) is -0.415. The molecule has 0 atom stereocenters. The van der Waals surface area contributed by atoms with Crippen LogP contribution < -0.4 is 5.14 Å². The standard InChI is InChI=1S/C10H23NO8S3/c1-4-20(12,13)18-8-6-10(3,22(11,16)17)7-9-19-21(14,15)5-2/h4-9H2,1-3H3,(H2,11,16,17). The summed E-state index contributed by atoms with van der Waals surface area (Å²) in [5.74, 6) is -0.478. The van der Waals surface area contributed by atoms with Crippen molar-refractivity contribution in [2.24, 2.45) is 5.14 Å². The first-order valence-electron chi connectivity index (χ1n) is 6.55. The van der Waals surface area contributed by atoms with Crippen LogP contribution in [-0.4, -0.2) is 54.7 Å². The van der Waals surface area contributed by atoms with Crippen LogP contribution in [0.5, 0.6) is 0 Å². The third kappa shape index (κ3) is 7.33. The summed E-state index contributed by atoms with van der Waals surface area (Å²) in [4.78, 5) is 0. The van der Waals surface area contributed by atoms with E-state index < -0.39 is 35.0 Å². The zero-order chi connectivity index (χ0) is 17.7. The van der Waals surface area contributed by atoms with E-state index in [0.29, 0.717) is 0 Å². The third-order valence-electron chi connectivity index (χ3n) is 3.18. The van der Waals surface area contributed by atoms with Gasteiger partial charge in [0.15, 0.2) is 0 Å². The van der Waals surface area contributed by atoms with Gasteiger partial charge in [-0.3, -0.25) is 8.37 Å². The Morgan fingerprint density at radius 1 is 0.818 bits per heavy atom. The second kappa shape index (κ2) is 8.02. The van der Waals surface area contributed by atoms with E-state index in [9.17, 15) is 25.3 Å². The van der Waals surface area contributed by atoms with E-state index in [1.165, 1.54) is 20.8 Å². The van der Waals surface area contributed by atoms with Crippen molar-refractivity contribution in [3.8, 4) is 0 Å². The van der Waals surface area contributed by atoms with E-state index >= 15 is 0 Å². The molecular formula is C10H23NO8S3. The van der Waals surface area contributed by atoms with E-state index in [-0.39, 0.29) is 37.6 Å². The van der Waals surface area contributed by atoms with Gasteiger partial charge in [-0.05, 0) is 33.6 Å². The molecule has 0 fully saturated rings. The molecule has 2 N–H and O–H groups in total. The van der Waals surface area contributed by atoms with Gasteiger partial charge in [0.2, 0.25) is 10.0 Å². The predicted molar refractivity (Wildman–Crippen MR) is 81.6 cm³/mol. The molecule has 0 rings (SSSR count). The van der Waals surface area contributed by atoms with Crippen molar-refractivity contribution in [3.05, 3.63) is 0 Å². The maximum Gasteiger partial charge on any atom is 0.267 e. The van der Waals surface area contributed by atoms with Gasteiger partial charge in [-0.15, -0.1) is 0 Å². The van der Waals surface area contributed by atoms with Gasteiger partial charge in [-0.25, -0.2) is 13.6 Å². The molecule has 0 heterocycles. The average Bonchev–Trinajstić information content (AvgIpc) is 2.37. The molecule has 0 bridgehead atoms. The molecule has 0 saturated heterocycles. The first-order chi connectivity index (χ1) is 9.79. The number of rotatable bonds is 11.